The van der Waals surface area contributed by atoms with Crippen molar-refractivity contribution in [2.24, 2.45) is 7.05 Å². The van der Waals surface area contributed by atoms with E-state index in [-0.39, 0.29) is 5.91 Å². The molecule has 0 spiro atoms. The monoisotopic (exact) mass is 435 g/mol. The number of benzene rings is 1. The normalized spacial score (nSPS) is 15.6. The summed E-state index contributed by atoms with van der Waals surface area (Å²) < 4.78 is 6.78. The summed E-state index contributed by atoms with van der Waals surface area (Å²) in [6.07, 6.45) is 7.52. The second-order valence-corrected chi connectivity index (χ2v) is 8.79. The van der Waals surface area contributed by atoms with Crippen LogP contribution < -0.4 is 5.32 Å². The number of anilines is 1. The molecule has 7 heteroatoms. The number of hydrogen-bond acceptors (Lipinski definition) is 5. The molecule has 6 nitrogen and oxygen atoms in total. The van der Waals surface area contributed by atoms with Crippen molar-refractivity contribution < 1.29 is 14.3 Å². The Kier molecular flexibility index (Phi) is 6.04. The number of nitrogens with zero attached hydrogens (tertiary/aromatic N) is 2. The SMILES string of the molecule is COC(=O)c1c(NC(=O)/C=C\c2cnn(C)c2C)sc2c1CC[C@H](c1ccccc1)C2. The molecular formula is C24H25N3O3S. The molecule has 1 amide bonds. The molecule has 160 valence electrons. The second kappa shape index (κ2) is 8.89. The lowest BCUT2D eigenvalue weighted by atomic mass is 9.83. The molecule has 31 heavy (non-hydrogen) atoms. The third-order valence-electron chi connectivity index (χ3n) is 5.85. The number of esters is 1. The fourth-order valence-corrected chi connectivity index (χ4v) is 5.32. The average molecular weight is 436 g/mol. The van der Waals surface area contributed by atoms with Crippen LogP contribution in [0, 0.1) is 6.92 Å². The molecular weight excluding hydrogens is 410 g/mol. The van der Waals surface area contributed by atoms with Gasteiger partial charge in [0.15, 0.2) is 0 Å². The van der Waals surface area contributed by atoms with E-state index in [1.807, 2.05) is 20.0 Å². The zero-order chi connectivity index (χ0) is 22.0. The summed E-state index contributed by atoms with van der Waals surface area (Å²) in [4.78, 5) is 26.3. The Morgan fingerprint density at radius 2 is 2.06 bits per heavy atom. The first kappa shape index (κ1) is 21.1. The van der Waals surface area contributed by atoms with Crippen LogP contribution in [-0.4, -0.2) is 28.8 Å². The molecule has 1 aliphatic rings. The van der Waals surface area contributed by atoms with Crippen molar-refractivity contribution >= 4 is 34.3 Å². The van der Waals surface area contributed by atoms with Gasteiger partial charge >= 0.3 is 5.97 Å². The third kappa shape index (κ3) is 4.32. The van der Waals surface area contributed by atoms with Crippen LogP contribution >= 0.6 is 11.3 Å². The minimum atomic E-state index is -0.405. The largest absolute Gasteiger partial charge is 0.465 e. The molecule has 0 radical (unpaired) electrons. The molecule has 1 aromatic carbocycles. The number of carbonyl (C=O) groups is 2. The Labute approximate surface area is 185 Å². The fraction of sp³-hybridized carbons (Fsp3) is 0.292. The Morgan fingerprint density at radius 1 is 1.29 bits per heavy atom. The van der Waals surface area contributed by atoms with E-state index in [0.717, 1.165) is 41.0 Å². The molecule has 4 rings (SSSR count). The molecule has 0 bridgehead atoms. The number of aryl methyl sites for hydroxylation is 1. The first-order valence-electron chi connectivity index (χ1n) is 10.2. The van der Waals surface area contributed by atoms with Crippen LogP contribution in [0.15, 0.2) is 42.6 Å². The Balaban J connectivity index is 1.58. The van der Waals surface area contributed by atoms with Crippen LogP contribution in [-0.2, 0) is 29.4 Å². The third-order valence-corrected chi connectivity index (χ3v) is 7.02. The maximum absolute atomic E-state index is 12.6. The zero-order valence-corrected chi connectivity index (χ0v) is 18.7. The Hall–Kier alpha value is -3.19. The fourth-order valence-electron chi connectivity index (χ4n) is 4.00. The highest BCUT2D eigenvalue weighted by Gasteiger charge is 2.30. The van der Waals surface area contributed by atoms with Crippen molar-refractivity contribution in [2.75, 3.05) is 12.4 Å². The summed E-state index contributed by atoms with van der Waals surface area (Å²) in [5.74, 6) is -0.278. The smallest absolute Gasteiger partial charge is 0.341 e. The Morgan fingerprint density at radius 3 is 2.74 bits per heavy atom. The quantitative estimate of drug-likeness (QED) is 0.473. The van der Waals surface area contributed by atoms with Gasteiger partial charge in [-0.3, -0.25) is 9.48 Å². The first-order valence-corrected chi connectivity index (χ1v) is 11.0. The van der Waals surface area contributed by atoms with Crippen LogP contribution in [0.3, 0.4) is 0 Å². The number of hydrogen-bond donors (Lipinski definition) is 1. The maximum Gasteiger partial charge on any atom is 0.341 e. The van der Waals surface area contributed by atoms with Gasteiger partial charge in [0.25, 0.3) is 0 Å². The summed E-state index contributed by atoms with van der Waals surface area (Å²) in [7, 11) is 3.23. The zero-order valence-electron chi connectivity index (χ0n) is 17.8. The van der Waals surface area contributed by atoms with Gasteiger partial charge in [0, 0.05) is 29.3 Å². The van der Waals surface area contributed by atoms with Crippen LogP contribution in [0.1, 0.15) is 50.0 Å². The number of rotatable bonds is 5. The Bertz CT molecular complexity index is 1140. The molecule has 0 unspecified atom stereocenters. The summed E-state index contributed by atoms with van der Waals surface area (Å²) in [5.41, 5.74) is 4.65. The van der Waals surface area contributed by atoms with Gasteiger partial charge in [0.1, 0.15) is 5.00 Å². The molecule has 1 aliphatic carbocycles. The number of ether oxygens (including phenoxy) is 1. The lowest BCUT2D eigenvalue weighted by Gasteiger charge is -2.22. The topological polar surface area (TPSA) is 73.2 Å². The van der Waals surface area contributed by atoms with Gasteiger partial charge in [-0.05, 0) is 49.3 Å². The summed E-state index contributed by atoms with van der Waals surface area (Å²) in [6, 6.07) is 10.4. The van der Waals surface area contributed by atoms with Crippen molar-refractivity contribution in [2.45, 2.75) is 32.1 Å². The molecule has 0 saturated heterocycles. The summed E-state index contributed by atoms with van der Waals surface area (Å²) >= 11 is 1.48. The minimum absolute atomic E-state index is 0.286. The number of aromatic nitrogens is 2. The van der Waals surface area contributed by atoms with Gasteiger partial charge in [0.05, 0.1) is 18.9 Å². The van der Waals surface area contributed by atoms with E-state index in [2.05, 4.69) is 34.7 Å². The number of carbonyl (C=O) groups excluding carboxylic acids is 2. The van der Waals surface area contributed by atoms with Crippen molar-refractivity contribution in [1.82, 2.24) is 9.78 Å². The molecule has 0 aliphatic heterocycles. The molecule has 3 aromatic rings. The number of amides is 1. The standard InChI is InChI=1S/C24H25N3O3S/c1-15-18(14-25-27(15)2)10-12-21(28)26-23-22(24(29)30-3)19-11-9-17(13-20(19)31-23)16-7-5-4-6-8-16/h4-8,10,12,14,17H,9,11,13H2,1-3H3,(H,26,28)/b12-10-/t17-/m0/s1. The summed E-state index contributed by atoms with van der Waals surface area (Å²) in [5, 5.41) is 7.63. The van der Waals surface area contributed by atoms with Crippen molar-refractivity contribution in [3.05, 3.63) is 75.4 Å². The van der Waals surface area contributed by atoms with Gasteiger partial charge in [-0.1, -0.05) is 30.3 Å². The lowest BCUT2D eigenvalue weighted by Crippen LogP contribution is -2.15. The van der Waals surface area contributed by atoms with Gasteiger partial charge < -0.3 is 10.1 Å². The van der Waals surface area contributed by atoms with E-state index in [4.69, 9.17) is 4.74 Å². The molecule has 0 saturated carbocycles. The minimum Gasteiger partial charge on any atom is -0.465 e. The van der Waals surface area contributed by atoms with E-state index in [9.17, 15) is 9.59 Å². The number of thiophene rings is 1. The van der Waals surface area contributed by atoms with E-state index in [1.165, 1.54) is 30.1 Å². The second-order valence-electron chi connectivity index (χ2n) is 7.68. The van der Waals surface area contributed by atoms with Crippen molar-refractivity contribution in [3.8, 4) is 0 Å². The van der Waals surface area contributed by atoms with Gasteiger partial charge in [-0.25, -0.2) is 4.79 Å². The predicted octanol–water partition coefficient (Wildman–Crippen LogP) is 4.50. The maximum atomic E-state index is 12.6. The number of methoxy groups -OCH3 is 1. The van der Waals surface area contributed by atoms with Crippen molar-refractivity contribution in [3.63, 3.8) is 0 Å². The first-order chi connectivity index (χ1) is 15.0. The number of nitrogens with one attached hydrogen (secondary N) is 1. The molecule has 0 fully saturated rings. The van der Waals surface area contributed by atoms with E-state index >= 15 is 0 Å². The average Bonchev–Trinajstić information content (AvgIpc) is 3.31. The highest BCUT2D eigenvalue weighted by atomic mass is 32.1. The highest BCUT2D eigenvalue weighted by molar-refractivity contribution is 7.17. The van der Waals surface area contributed by atoms with Gasteiger partial charge in [0.2, 0.25) is 5.91 Å². The number of fused-ring (bicyclic) bond motifs is 1. The van der Waals surface area contributed by atoms with Crippen LogP contribution in [0.5, 0.6) is 0 Å². The molecule has 2 aromatic heterocycles. The van der Waals surface area contributed by atoms with Crippen LogP contribution in [0.4, 0.5) is 5.00 Å². The molecule has 1 atom stereocenters. The molecule has 2 heterocycles. The van der Waals surface area contributed by atoms with Crippen LogP contribution in [0.2, 0.25) is 0 Å². The van der Waals surface area contributed by atoms with Gasteiger partial charge in [-0.2, -0.15) is 5.10 Å². The van der Waals surface area contributed by atoms with Crippen LogP contribution in [0.25, 0.3) is 6.08 Å². The molecule has 1 N–H and O–H groups in total. The van der Waals surface area contributed by atoms with E-state index in [0.29, 0.717) is 16.5 Å². The van der Waals surface area contributed by atoms with E-state index < -0.39 is 5.97 Å². The van der Waals surface area contributed by atoms with Crippen molar-refractivity contribution in [1.29, 1.82) is 0 Å². The lowest BCUT2D eigenvalue weighted by molar-refractivity contribution is -0.111. The highest BCUT2D eigenvalue weighted by Crippen LogP contribution is 2.42. The van der Waals surface area contributed by atoms with Gasteiger partial charge in [-0.15, -0.1) is 11.3 Å². The summed E-state index contributed by atoms with van der Waals surface area (Å²) in [6.45, 7) is 1.94. The van der Waals surface area contributed by atoms with E-state index in [1.54, 1.807) is 17.0 Å². The predicted molar refractivity (Wildman–Crippen MR) is 122 cm³/mol.